The number of aromatic nitrogens is 1. The maximum absolute atomic E-state index is 3.40. The molecule has 0 atom stereocenters. The van der Waals surface area contributed by atoms with E-state index in [0.29, 0.717) is 0 Å². The summed E-state index contributed by atoms with van der Waals surface area (Å²) in [5, 5.41) is 1.38. The Morgan fingerprint density at radius 3 is 2.40 bits per heavy atom. The average molecular weight is 333 g/mol. The zero-order chi connectivity index (χ0) is 16.9. The fourth-order valence-electron chi connectivity index (χ4n) is 3.81. The minimum Gasteiger partial charge on any atom is -0.361 e. The van der Waals surface area contributed by atoms with E-state index in [2.05, 4.69) is 77.9 Å². The number of hydrogen-bond donors (Lipinski definition) is 3. The van der Waals surface area contributed by atoms with Gasteiger partial charge in [-0.2, -0.15) is 0 Å². The van der Waals surface area contributed by atoms with E-state index in [4.69, 9.17) is 0 Å². The van der Waals surface area contributed by atoms with Crippen LogP contribution in [-0.4, -0.2) is 37.7 Å². The van der Waals surface area contributed by atoms with Gasteiger partial charge < -0.3 is 14.8 Å². The quantitative estimate of drug-likeness (QED) is 0.625. The van der Waals surface area contributed by atoms with Gasteiger partial charge in [-0.1, -0.05) is 54.6 Å². The number of nitrogens with one attached hydrogen (secondary N) is 3. The summed E-state index contributed by atoms with van der Waals surface area (Å²) in [6.07, 6.45) is 6.77. The molecule has 0 amide bonds. The monoisotopic (exact) mass is 333 g/mol. The van der Waals surface area contributed by atoms with Gasteiger partial charge in [0.15, 0.2) is 0 Å². The molecule has 0 aliphatic carbocycles. The number of piperazine rings is 1. The summed E-state index contributed by atoms with van der Waals surface area (Å²) >= 11 is 0. The van der Waals surface area contributed by atoms with E-state index in [-0.39, 0.29) is 0 Å². The molecule has 1 aliphatic heterocycles. The Morgan fingerprint density at radius 1 is 0.840 bits per heavy atom. The number of benzene rings is 2. The number of rotatable bonds is 5. The van der Waals surface area contributed by atoms with E-state index in [1.165, 1.54) is 48.2 Å². The number of aromatic amines is 1. The van der Waals surface area contributed by atoms with E-state index in [0.717, 1.165) is 13.1 Å². The number of H-pyrrole nitrogens is 1. The highest BCUT2D eigenvalue weighted by molar-refractivity contribution is 5.82. The predicted octanol–water partition coefficient (Wildman–Crippen LogP) is 1.16. The van der Waals surface area contributed by atoms with Gasteiger partial charge in [0.05, 0.1) is 6.54 Å². The topological polar surface area (TPSA) is 24.7 Å². The van der Waals surface area contributed by atoms with Crippen molar-refractivity contribution < 1.29 is 9.80 Å². The van der Waals surface area contributed by atoms with Crippen LogP contribution in [0.4, 0.5) is 0 Å². The summed E-state index contributed by atoms with van der Waals surface area (Å²) in [7, 11) is 0. The Bertz CT molecular complexity index is 827. The van der Waals surface area contributed by atoms with E-state index >= 15 is 0 Å². The second kappa shape index (κ2) is 7.68. The molecule has 0 unspecified atom stereocenters. The SMILES string of the molecule is C(=C\c1ccccc1)/C[NH+]1CC[NH+](Cc2c[nH]c3ccccc23)CC1. The summed E-state index contributed by atoms with van der Waals surface area (Å²) in [6.45, 7) is 7.31. The fourth-order valence-corrected chi connectivity index (χ4v) is 3.81. The van der Waals surface area contributed by atoms with E-state index in [1.54, 1.807) is 9.80 Å². The van der Waals surface area contributed by atoms with Crippen LogP contribution in [0.3, 0.4) is 0 Å². The molecule has 0 bridgehead atoms. The lowest BCUT2D eigenvalue weighted by molar-refractivity contribution is -1.02. The highest BCUT2D eigenvalue weighted by atomic mass is 15.3. The fraction of sp³-hybridized carbons (Fsp3) is 0.273. The summed E-state index contributed by atoms with van der Waals surface area (Å²) in [6, 6.07) is 19.2. The third kappa shape index (κ3) is 4.01. The van der Waals surface area contributed by atoms with E-state index in [1.807, 2.05) is 0 Å². The Kier molecular flexibility index (Phi) is 4.96. The molecule has 0 spiro atoms. The van der Waals surface area contributed by atoms with Gasteiger partial charge in [-0.15, -0.1) is 0 Å². The molecule has 1 aromatic heterocycles. The zero-order valence-corrected chi connectivity index (χ0v) is 14.7. The summed E-state index contributed by atoms with van der Waals surface area (Å²) in [5.74, 6) is 0. The molecule has 1 fully saturated rings. The number of para-hydroxylation sites is 1. The molecule has 2 aromatic carbocycles. The molecule has 2 heterocycles. The van der Waals surface area contributed by atoms with Gasteiger partial charge in [0.25, 0.3) is 0 Å². The van der Waals surface area contributed by atoms with Crippen LogP contribution in [0.15, 0.2) is 66.9 Å². The van der Waals surface area contributed by atoms with Gasteiger partial charge >= 0.3 is 0 Å². The first kappa shape index (κ1) is 16.1. The highest BCUT2D eigenvalue weighted by Gasteiger charge is 2.22. The Hall–Kier alpha value is -2.36. The van der Waals surface area contributed by atoms with Gasteiger partial charge in [0.1, 0.15) is 32.7 Å². The third-order valence-corrected chi connectivity index (χ3v) is 5.30. The lowest BCUT2D eigenvalue weighted by atomic mass is 10.1. The van der Waals surface area contributed by atoms with Gasteiger partial charge in [-0.3, -0.25) is 0 Å². The van der Waals surface area contributed by atoms with Crippen LogP contribution in [0, 0.1) is 0 Å². The van der Waals surface area contributed by atoms with Crippen molar-refractivity contribution in [3.63, 3.8) is 0 Å². The van der Waals surface area contributed by atoms with Crippen molar-refractivity contribution >= 4 is 17.0 Å². The van der Waals surface area contributed by atoms with Gasteiger partial charge in [-0.05, 0) is 17.7 Å². The first-order valence-corrected chi connectivity index (χ1v) is 9.32. The van der Waals surface area contributed by atoms with Crippen molar-refractivity contribution in [3.8, 4) is 0 Å². The van der Waals surface area contributed by atoms with Crippen LogP contribution >= 0.6 is 0 Å². The normalized spacial score (nSPS) is 21.1. The minimum atomic E-state index is 1.13. The van der Waals surface area contributed by atoms with Crippen LogP contribution in [0.25, 0.3) is 17.0 Å². The van der Waals surface area contributed by atoms with Gasteiger partial charge in [0, 0.05) is 22.7 Å². The Labute approximate surface area is 149 Å². The smallest absolute Gasteiger partial charge is 0.127 e. The first-order valence-electron chi connectivity index (χ1n) is 9.32. The molecule has 1 saturated heterocycles. The highest BCUT2D eigenvalue weighted by Crippen LogP contribution is 2.16. The van der Waals surface area contributed by atoms with Crippen molar-refractivity contribution in [2.24, 2.45) is 0 Å². The molecule has 25 heavy (non-hydrogen) atoms. The molecule has 0 saturated carbocycles. The lowest BCUT2D eigenvalue weighted by Crippen LogP contribution is -3.27. The average Bonchev–Trinajstić information content (AvgIpc) is 3.07. The van der Waals surface area contributed by atoms with Crippen molar-refractivity contribution in [2.75, 3.05) is 32.7 Å². The van der Waals surface area contributed by atoms with Gasteiger partial charge in [0.2, 0.25) is 0 Å². The van der Waals surface area contributed by atoms with Crippen LogP contribution in [0.2, 0.25) is 0 Å². The standard InChI is InChI=1S/C22H25N3/c1-2-7-19(8-3-1)9-6-12-24-13-15-25(16-14-24)18-20-17-23-22-11-5-4-10-21(20)22/h1-11,17,23H,12-16,18H2/p+2/b9-6+. The van der Waals surface area contributed by atoms with Gasteiger partial charge in [-0.25, -0.2) is 0 Å². The maximum Gasteiger partial charge on any atom is 0.127 e. The van der Waals surface area contributed by atoms with E-state index < -0.39 is 0 Å². The van der Waals surface area contributed by atoms with Crippen molar-refractivity contribution in [2.45, 2.75) is 6.54 Å². The van der Waals surface area contributed by atoms with Crippen molar-refractivity contribution in [1.82, 2.24) is 4.98 Å². The molecule has 3 aromatic rings. The molecule has 128 valence electrons. The van der Waals surface area contributed by atoms with E-state index in [9.17, 15) is 0 Å². The molecule has 1 aliphatic rings. The van der Waals surface area contributed by atoms with Crippen LogP contribution in [0.5, 0.6) is 0 Å². The summed E-state index contributed by atoms with van der Waals surface area (Å²) < 4.78 is 0. The second-order valence-corrected chi connectivity index (χ2v) is 7.05. The van der Waals surface area contributed by atoms with Crippen molar-refractivity contribution in [1.29, 1.82) is 0 Å². The van der Waals surface area contributed by atoms with Crippen LogP contribution in [0.1, 0.15) is 11.1 Å². The van der Waals surface area contributed by atoms with Crippen molar-refractivity contribution in [3.05, 3.63) is 78.0 Å². The minimum absolute atomic E-state index is 1.13. The molecular weight excluding hydrogens is 306 g/mol. The molecule has 0 radical (unpaired) electrons. The molecule has 3 nitrogen and oxygen atoms in total. The maximum atomic E-state index is 3.40. The summed E-state index contributed by atoms with van der Waals surface area (Å²) in [5.41, 5.74) is 4.01. The molecule has 3 N–H and O–H groups in total. The van der Waals surface area contributed by atoms with Crippen LogP contribution in [-0.2, 0) is 6.54 Å². The Morgan fingerprint density at radius 2 is 1.56 bits per heavy atom. The third-order valence-electron chi connectivity index (χ3n) is 5.30. The summed E-state index contributed by atoms with van der Waals surface area (Å²) in [4.78, 5) is 6.81. The molecular formula is C22H27N3+2. The number of hydrogen-bond acceptors (Lipinski definition) is 0. The Balaban J connectivity index is 1.28. The number of fused-ring (bicyclic) bond motifs is 1. The molecule has 3 heteroatoms. The lowest BCUT2D eigenvalue weighted by Gasteiger charge is -2.29. The van der Waals surface area contributed by atoms with Crippen LogP contribution < -0.4 is 9.80 Å². The first-order chi connectivity index (χ1) is 12.4. The largest absolute Gasteiger partial charge is 0.361 e. The zero-order valence-electron chi connectivity index (χ0n) is 14.7. The molecule has 4 rings (SSSR count). The number of quaternary nitrogens is 2. The predicted molar refractivity (Wildman–Crippen MR) is 104 cm³/mol. The second-order valence-electron chi connectivity index (χ2n) is 7.05.